The van der Waals surface area contributed by atoms with Gasteiger partial charge in [-0.25, -0.2) is 21.5 Å². The Labute approximate surface area is 165 Å². The summed E-state index contributed by atoms with van der Waals surface area (Å²) in [6, 6.07) is 14.9. The summed E-state index contributed by atoms with van der Waals surface area (Å²) < 4.78 is 5.57. The van der Waals surface area contributed by atoms with E-state index in [2.05, 4.69) is 5.16 Å². The minimum atomic E-state index is -0.546. The highest BCUT2D eigenvalue weighted by Gasteiger charge is 2.18. The third-order valence-corrected chi connectivity index (χ3v) is 4.10. The van der Waals surface area contributed by atoms with Crippen LogP contribution in [0.3, 0.4) is 0 Å². The van der Waals surface area contributed by atoms with Gasteiger partial charge in [0.2, 0.25) is 5.90 Å². The second-order valence-corrected chi connectivity index (χ2v) is 6.30. The monoisotopic (exact) mass is 385 g/mol. The van der Waals surface area contributed by atoms with Gasteiger partial charge in [-0.2, -0.15) is 0 Å². The van der Waals surface area contributed by atoms with Crippen LogP contribution in [-0.4, -0.2) is 30.6 Å². The van der Waals surface area contributed by atoms with E-state index in [0.717, 1.165) is 27.6 Å². The molecule has 2 rings (SSSR count). The summed E-state index contributed by atoms with van der Waals surface area (Å²) in [5.74, 6) is 11.8. The van der Waals surface area contributed by atoms with Crippen LogP contribution < -0.4 is 16.7 Å². The summed E-state index contributed by atoms with van der Waals surface area (Å²) in [5.41, 5.74) is 3.35. The van der Waals surface area contributed by atoms with Gasteiger partial charge in [0.05, 0.1) is 12.3 Å². The molecule has 0 radical (unpaired) electrons. The lowest BCUT2D eigenvalue weighted by atomic mass is 10.1. The third kappa shape index (κ3) is 5.97. The second kappa shape index (κ2) is 10.3. The first-order chi connectivity index (χ1) is 13.4. The topological polar surface area (TPSA) is 106 Å². The fourth-order valence-corrected chi connectivity index (χ4v) is 2.55. The van der Waals surface area contributed by atoms with Crippen LogP contribution in [0.4, 0.5) is 10.5 Å². The number of amides is 2. The highest BCUT2D eigenvalue weighted by molar-refractivity contribution is 5.91. The molecule has 0 saturated carbocycles. The lowest BCUT2D eigenvalue weighted by Gasteiger charge is -2.23. The predicted octanol–water partition coefficient (Wildman–Crippen LogP) is 2.71. The number of aryl methyl sites for hydroxylation is 1. The molecule has 0 spiro atoms. The van der Waals surface area contributed by atoms with Gasteiger partial charge in [-0.05, 0) is 24.1 Å². The van der Waals surface area contributed by atoms with Crippen molar-refractivity contribution in [3.05, 3.63) is 65.2 Å². The molecular formula is C20H27N5O3. The molecule has 0 fully saturated rings. The van der Waals surface area contributed by atoms with Gasteiger partial charge in [0.15, 0.2) is 0 Å². The van der Waals surface area contributed by atoms with Crippen molar-refractivity contribution in [1.29, 1.82) is 0 Å². The van der Waals surface area contributed by atoms with Crippen LogP contribution in [0.25, 0.3) is 0 Å². The van der Waals surface area contributed by atoms with E-state index >= 15 is 0 Å². The van der Waals surface area contributed by atoms with E-state index in [0.29, 0.717) is 18.2 Å². The number of nitrogens with zero attached hydrogens (tertiary/aromatic N) is 3. The maximum atomic E-state index is 12.0. The molecule has 8 heteroatoms. The number of carbonyl (C=O) groups excluding carboxylic acids is 1. The number of carbonyl (C=O) groups is 1. The Morgan fingerprint density at radius 1 is 1.11 bits per heavy atom. The minimum absolute atomic E-state index is 0.136. The minimum Gasteiger partial charge on any atom is -0.478 e. The van der Waals surface area contributed by atoms with Crippen LogP contribution >= 0.6 is 0 Å². The van der Waals surface area contributed by atoms with Crippen molar-refractivity contribution < 1.29 is 14.4 Å². The van der Waals surface area contributed by atoms with E-state index in [1.807, 2.05) is 43.3 Å². The SMILES string of the molecule is CC(=NOCc1c(C)cccc1N(N)C(=O)N(C)N)OCCc1ccccc1. The van der Waals surface area contributed by atoms with Crippen molar-refractivity contribution >= 4 is 17.6 Å². The third-order valence-electron chi connectivity index (χ3n) is 4.10. The average Bonchev–Trinajstić information content (AvgIpc) is 2.68. The van der Waals surface area contributed by atoms with Gasteiger partial charge in [-0.15, -0.1) is 0 Å². The summed E-state index contributed by atoms with van der Waals surface area (Å²) in [6.45, 7) is 4.27. The summed E-state index contributed by atoms with van der Waals surface area (Å²) in [5, 5.41) is 5.88. The van der Waals surface area contributed by atoms with Crippen LogP contribution in [0.15, 0.2) is 53.7 Å². The molecular weight excluding hydrogens is 358 g/mol. The van der Waals surface area contributed by atoms with E-state index in [9.17, 15) is 4.79 Å². The van der Waals surface area contributed by atoms with Crippen LogP contribution in [-0.2, 0) is 22.6 Å². The van der Waals surface area contributed by atoms with Gasteiger partial charge in [0.1, 0.15) is 6.61 Å². The largest absolute Gasteiger partial charge is 0.478 e. The average molecular weight is 385 g/mol. The Hall–Kier alpha value is -3.10. The Bertz CT molecular complexity index is 809. The number of anilines is 1. The van der Waals surface area contributed by atoms with Gasteiger partial charge in [0, 0.05) is 26.0 Å². The van der Waals surface area contributed by atoms with E-state index in [1.54, 1.807) is 19.1 Å². The zero-order chi connectivity index (χ0) is 20.5. The molecule has 4 N–H and O–H groups in total. The zero-order valence-electron chi connectivity index (χ0n) is 16.5. The Kier molecular flexibility index (Phi) is 7.79. The number of nitrogens with two attached hydrogens (primary N) is 2. The van der Waals surface area contributed by atoms with Crippen LogP contribution in [0.1, 0.15) is 23.6 Å². The number of oxime groups is 1. The molecule has 150 valence electrons. The fourth-order valence-electron chi connectivity index (χ4n) is 2.55. The second-order valence-electron chi connectivity index (χ2n) is 6.30. The number of ether oxygens (including phenoxy) is 1. The fraction of sp³-hybridized carbons (Fsp3) is 0.300. The van der Waals surface area contributed by atoms with Crippen molar-refractivity contribution in [2.45, 2.75) is 26.9 Å². The molecule has 8 nitrogen and oxygen atoms in total. The molecule has 2 aromatic rings. The standard InChI is InChI=1S/C20H27N5O3/c1-15-8-7-11-19(25(22)20(26)24(3)21)18(15)14-28-23-16(2)27-13-12-17-9-5-4-6-10-17/h4-11H,12-14,21-22H2,1-3H3. The van der Waals surface area contributed by atoms with Crippen molar-refractivity contribution in [2.24, 2.45) is 16.8 Å². The first-order valence-electron chi connectivity index (χ1n) is 8.89. The molecule has 0 aromatic heterocycles. The van der Waals surface area contributed by atoms with Crippen molar-refractivity contribution in [3.8, 4) is 0 Å². The predicted molar refractivity (Wildman–Crippen MR) is 109 cm³/mol. The van der Waals surface area contributed by atoms with E-state index in [-0.39, 0.29) is 6.61 Å². The maximum Gasteiger partial charge on any atom is 0.352 e. The Balaban J connectivity index is 1.94. The van der Waals surface area contributed by atoms with Crippen LogP contribution in [0.5, 0.6) is 0 Å². The molecule has 0 aliphatic rings. The summed E-state index contributed by atoms with van der Waals surface area (Å²) in [7, 11) is 1.43. The molecule has 28 heavy (non-hydrogen) atoms. The number of urea groups is 1. The lowest BCUT2D eigenvalue weighted by molar-refractivity contribution is 0.118. The Morgan fingerprint density at radius 2 is 1.82 bits per heavy atom. The maximum absolute atomic E-state index is 12.0. The van der Waals surface area contributed by atoms with Crippen LogP contribution in [0, 0.1) is 6.92 Å². The lowest BCUT2D eigenvalue weighted by Crippen LogP contribution is -2.49. The van der Waals surface area contributed by atoms with Crippen molar-refractivity contribution in [1.82, 2.24) is 5.01 Å². The number of rotatable bonds is 7. The summed E-state index contributed by atoms with van der Waals surface area (Å²) >= 11 is 0. The normalized spacial score (nSPS) is 11.1. The number of hydrogen-bond donors (Lipinski definition) is 2. The van der Waals surface area contributed by atoms with Crippen molar-refractivity contribution in [3.63, 3.8) is 0 Å². The van der Waals surface area contributed by atoms with E-state index < -0.39 is 6.03 Å². The molecule has 2 aromatic carbocycles. The van der Waals surface area contributed by atoms with Gasteiger partial charge < -0.3 is 9.57 Å². The number of hydrogen-bond acceptors (Lipinski definition) is 6. The van der Waals surface area contributed by atoms with Gasteiger partial charge in [0.25, 0.3) is 0 Å². The van der Waals surface area contributed by atoms with Crippen LogP contribution in [0.2, 0.25) is 0 Å². The van der Waals surface area contributed by atoms with Gasteiger partial charge in [-0.3, -0.25) is 5.01 Å². The van der Waals surface area contributed by atoms with Gasteiger partial charge >= 0.3 is 6.03 Å². The molecule has 0 heterocycles. The van der Waals surface area contributed by atoms with E-state index in [4.69, 9.17) is 21.3 Å². The number of benzene rings is 2. The molecule has 0 unspecified atom stereocenters. The summed E-state index contributed by atoms with van der Waals surface area (Å²) in [4.78, 5) is 17.5. The highest BCUT2D eigenvalue weighted by Crippen LogP contribution is 2.23. The quantitative estimate of drug-likeness (QED) is 0.251. The number of hydrazine groups is 2. The summed E-state index contributed by atoms with van der Waals surface area (Å²) in [6.07, 6.45) is 0.784. The molecule has 0 bridgehead atoms. The van der Waals surface area contributed by atoms with E-state index in [1.165, 1.54) is 12.6 Å². The molecule has 2 amide bonds. The van der Waals surface area contributed by atoms with Gasteiger partial charge in [-0.1, -0.05) is 47.6 Å². The van der Waals surface area contributed by atoms with Crippen molar-refractivity contribution in [2.75, 3.05) is 18.7 Å². The zero-order valence-corrected chi connectivity index (χ0v) is 16.5. The molecule has 0 aliphatic heterocycles. The highest BCUT2D eigenvalue weighted by atomic mass is 16.6. The molecule has 0 atom stereocenters. The Morgan fingerprint density at radius 3 is 2.50 bits per heavy atom. The first-order valence-corrected chi connectivity index (χ1v) is 8.89. The molecule has 0 saturated heterocycles. The smallest absolute Gasteiger partial charge is 0.352 e. The first kappa shape index (κ1) is 21.2. The molecule has 0 aliphatic carbocycles.